The summed E-state index contributed by atoms with van der Waals surface area (Å²) in [6, 6.07) is 11.1. The molecule has 0 fully saturated rings. The summed E-state index contributed by atoms with van der Waals surface area (Å²) in [6.45, 7) is 1.91. The molecule has 1 aliphatic rings. The average Bonchev–Trinajstić information content (AvgIpc) is 3.44. The number of rotatable bonds is 7. The van der Waals surface area contributed by atoms with Crippen molar-refractivity contribution in [3.05, 3.63) is 69.7 Å². The van der Waals surface area contributed by atoms with E-state index in [0.29, 0.717) is 34.4 Å². The number of hydrogen-bond donors (Lipinski definition) is 3. The lowest BCUT2D eigenvalue weighted by atomic mass is 10.1. The zero-order valence-electron chi connectivity index (χ0n) is 17.2. The van der Waals surface area contributed by atoms with Crippen LogP contribution in [0.3, 0.4) is 0 Å². The molecule has 2 aromatic heterocycles. The Kier molecular flexibility index (Phi) is 6.55. The van der Waals surface area contributed by atoms with Crippen molar-refractivity contribution in [2.75, 3.05) is 12.0 Å². The van der Waals surface area contributed by atoms with Crippen molar-refractivity contribution >= 4 is 46.5 Å². The molecule has 32 heavy (non-hydrogen) atoms. The summed E-state index contributed by atoms with van der Waals surface area (Å²) in [7, 11) is 0. The van der Waals surface area contributed by atoms with Gasteiger partial charge in [-0.2, -0.15) is 0 Å². The number of hydrogen-bond acceptors (Lipinski definition) is 7. The summed E-state index contributed by atoms with van der Waals surface area (Å²) in [5.74, 6) is 6.29. The molecule has 9 heteroatoms. The summed E-state index contributed by atoms with van der Waals surface area (Å²) < 4.78 is 5.96. The van der Waals surface area contributed by atoms with Crippen molar-refractivity contribution in [2.24, 2.45) is 5.84 Å². The van der Waals surface area contributed by atoms with Gasteiger partial charge in [0.2, 0.25) is 5.91 Å². The van der Waals surface area contributed by atoms with Gasteiger partial charge in [-0.25, -0.2) is 10.8 Å². The van der Waals surface area contributed by atoms with Crippen molar-refractivity contribution in [3.63, 3.8) is 0 Å². The molecule has 1 amide bonds. The lowest BCUT2D eigenvalue weighted by molar-refractivity contribution is -0.116. The predicted molar refractivity (Wildman–Crippen MR) is 127 cm³/mol. The summed E-state index contributed by atoms with van der Waals surface area (Å²) >= 11 is 7.90. The molecule has 1 aliphatic heterocycles. The fraction of sp³-hybridized carbons (Fsp3) is 0.174. The Morgan fingerprint density at radius 1 is 1.31 bits per heavy atom. The van der Waals surface area contributed by atoms with Crippen LogP contribution in [-0.4, -0.2) is 29.3 Å². The fourth-order valence-electron chi connectivity index (χ4n) is 3.36. The van der Waals surface area contributed by atoms with E-state index < -0.39 is 0 Å². The molecule has 0 radical (unpaired) electrons. The number of nitrogen functional groups attached to an aromatic ring is 1. The molecule has 0 spiro atoms. The monoisotopic (exact) mass is 468 g/mol. The van der Waals surface area contributed by atoms with Gasteiger partial charge in [-0.05, 0) is 60.5 Å². The third kappa shape index (κ3) is 4.99. The number of nitrogens with two attached hydrogens (primary N) is 1. The standard InChI is InChI=1S/C23H21ClN4O3S/c1-13(29)19-4-5-20(32-19)15-8-16-9-17(31-23(16)18(24)10-15)12-27-22(30)7-3-14-2-6-21(28-25)26-11-14/h2-8,10-11,17H,9,12,25H2,1H3,(H,26,28)(H,27,30)/b7-3+. The molecular formula is C23H21ClN4O3S. The van der Waals surface area contributed by atoms with Crippen molar-refractivity contribution in [2.45, 2.75) is 19.4 Å². The van der Waals surface area contributed by atoms with Crippen molar-refractivity contribution in [1.82, 2.24) is 10.3 Å². The van der Waals surface area contributed by atoms with Gasteiger partial charge in [-0.3, -0.25) is 9.59 Å². The molecule has 7 nitrogen and oxygen atoms in total. The molecule has 4 rings (SSSR count). The number of aromatic nitrogens is 1. The molecule has 3 aromatic rings. The maximum Gasteiger partial charge on any atom is 0.244 e. The number of hydrazine groups is 1. The van der Waals surface area contributed by atoms with Gasteiger partial charge in [0.15, 0.2) is 5.78 Å². The van der Waals surface area contributed by atoms with Crippen LogP contribution in [0, 0.1) is 0 Å². The van der Waals surface area contributed by atoms with Gasteiger partial charge in [-0.15, -0.1) is 11.3 Å². The molecule has 0 saturated carbocycles. The molecule has 0 aliphatic carbocycles. The van der Waals surface area contributed by atoms with Crippen LogP contribution in [0.25, 0.3) is 16.5 Å². The maximum absolute atomic E-state index is 12.2. The van der Waals surface area contributed by atoms with Crippen molar-refractivity contribution in [1.29, 1.82) is 0 Å². The molecule has 0 saturated heterocycles. The van der Waals surface area contributed by atoms with Crippen LogP contribution in [-0.2, 0) is 11.2 Å². The lowest BCUT2D eigenvalue weighted by Crippen LogP contribution is -2.33. The van der Waals surface area contributed by atoms with Crippen LogP contribution in [0.2, 0.25) is 5.02 Å². The van der Waals surface area contributed by atoms with Gasteiger partial charge in [0.25, 0.3) is 0 Å². The Labute approximate surface area is 194 Å². The SMILES string of the molecule is CC(=O)c1ccc(-c2cc(Cl)c3c(c2)CC(CNC(=O)/C=C/c2ccc(NN)nc2)O3)s1. The second kappa shape index (κ2) is 9.52. The minimum Gasteiger partial charge on any atom is -0.486 e. The highest BCUT2D eigenvalue weighted by atomic mass is 35.5. The quantitative estimate of drug-likeness (QED) is 0.209. The highest BCUT2D eigenvalue weighted by molar-refractivity contribution is 7.17. The highest BCUT2D eigenvalue weighted by Gasteiger charge is 2.26. The molecule has 1 unspecified atom stereocenters. The van der Waals surface area contributed by atoms with E-state index in [1.807, 2.05) is 24.3 Å². The van der Waals surface area contributed by atoms with Gasteiger partial charge in [0.05, 0.1) is 16.4 Å². The number of ether oxygens (including phenoxy) is 1. The number of fused-ring (bicyclic) bond motifs is 1. The van der Waals surface area contributed by atoms with Crippen LogP contribution < -0.4 is 21.3 Å². The number of Topliss-reactive ketones (excluding diaryl/α,β-unsaturated/α-hetero) is 1. The van der Waals surface area contributed by atoms with E-state index in [-0.39, 0.29) is 17.8 Å². The van der Waals surface area contributed by atoms with Crippen LogP contribution in [0.15, 0.2) is 48.7 Å². The van der Waals surface area contributed by atoms with Gasteiger partial charge >= 0.3 is 0 Å². The molecule has 1 aromatic carbocycles. The number of nitrogens with one attached hydrogen (secondary N) is 2. The van der Waals surface area contributed by atoms with E-state index in [9.17, 15) is 9.59 Å². The first kappa shape index (κ1) is 22.0. The Balaban J connectivity index is 1.36. The lowest BCUT2D eigenvalue weighted by Gasteiger charge is -2.11. The summed E-state index contributed by atoms with van der Waals surface area (Å²) in [6.07, 6.45) is 5.16. The second-order valence-corrected chi connectivity index (χ2v) is 8.80. The summed E-state index contributed by atoms with van der Waals surface area (Å²) in [5.41, 5.74) is 5.17. The number of amides is 1. The van der Waals surface area contributed by atoms with Gasteiger partial charge in [0, 0.05) is 29.1 Å². The molecule has 1 atom stereocenters. The molecule has 3 heterocycles. The highest BCUT2D eigenvalue weighted by Crippen LogP contribution is 2.41. The van der Waals surface area contributed by atoms with E-state index in [4.69, 9.17) is 22.2 Å². The zero-order valence-corrected chi connectivity index (χ0v) is 18.8. The number of nitrogens with zero attached hydrogens (tertiary/aromatic N) is 1. The third-order valence-corrected chi connectivity index (χ3v) is 6.47. The van der Waals surface area contributed by atoms with E-state index in [1.54, 1.807) is 31.3 Å². The minimum absolute atomic E-state index is 0.0440. The smallest absolute Gasteiger partial charge is 0.244 e. The number of halogens is 1. The Hall–Kier alpha value is -3.20. The first-order valence-electron chi connectivity index (χ1n) is 9.91. The number of pyridine rings is 1. The Bertz CT molecular complexity index is 1190. The summed E-state index contributed by atoms with van der Waals surface area (Å²) in [4.78, 5) is 29.5. The van der Waals surface area contributed by atoms with Crippen LogP contribution >= 0.6 is 22.9 Å². The maximum atomic E-state index is 12.2. The first-order valence-corrected chi connectivity index (χ1v) is 11.1. The fourth-order valence-corrected chi connectivity index (χ4v) is 4.53. The van der Waals surface area contributed by atoms with Crippen LogP contribution in [0.5, 0.6) is 5.75 Å². The van der Waals surface area contributed by atoms with E-state index in [0.717, 1.165) is 21.6 Å². The Morgan fingerprint density at radius 2 is 2.16 bits per heavy atom. The number of thiophene rings is 1. The van der Waals surface area contributed by atoms with Gasteiger partial charge < -0.3 is 15.5 Å². The zero-order chi connectivity index (χ0) is 22.7. The topological polar surface area (TPSA) is 106 Å². The van der Waals surface area contributed by atoms with Gasteiger partial charge in [0.1, 0.15) is 17.7 Å². The Morgan fingerprint density at radius 3 is 2.84 bits per heavy atom. The van der Waals surface area contributed by atoms with Crippen LogP contribution in [0.1, 0.15) is 27.7 Å². The largest absolute Gasteiger partial charge is 0.486 e. The second-order valence-electron chi connectivity index (χ2n) is 7.31. The third-order valence-electron chi connectivity index (χ3n) is 4.96. The molecule has 4 N–H and O–H groups in total. The van der Waals surface area contributed by atoms with Crippen molar-refractivity contribution < 1.29 is 14.3 Å². The number of carbonyl (C=O) groups is 2. The normalized spacial score (nSPS) is 14.8. The number of anilines is 1. The van der Waals surface area contributed by atoms with Crippen molar-refractivity contribution in [3.8, 4) is 16.2 Å². The van der Waals surface area contributed by atoms with E-state index in [1.165, 1.54) is 17.4 Å². The average molecular weight is 469 g/mol. The minimum atomic E-state index is -0.229. The molecule has 164 valence electrons. The van der Waals surface area contributed by atoms with E-state index in [2.05, 4.69) is 15.7 Å². The number of benzene rings is 1. The predicted octanol–water partition coefficient (Wildman–Crippen LogP) is 4.08. The van der Waals surface area contributed by atoms with Gasteiger partial charge in [-0.1, -0.05) is 11.6 Å². The van der Waals surface area contributed by atoms with E-state index >= 15 is 0 Å². The number of carbonyl (C=O) groups excluding carboxylic acids is 2. The molecular weight excluding hydrogens is 448 g/mol. The summed E-state index contributed by atoms with van der Waals surface area (Å²) in [5, 5.41) is 3.37. The van der Waals surface area contributed by atoms with Crippen LogP contribution in [0.4, 0.5) is 5.82 Å². The number of ketones is 1. The molecule has 0 bridgehead atoms. The first-order chi connectivity index (χ1) is 15.4.